The lowest BCUT2D eigenvalue weighted by atomic mass is 10.1. The summed E-state index contributed by atoms with van der Waals surface area (Å²) >= 11 is 9.46. The van der Waals surface area contributed by atoms with Crippen LogP contribution in [0.5, 0.6) is 0 Å². The normalized spacial score (nSPS) is 11.3. The van der Waals surface area contributed by atoms with Crippen LogP contribution in [0.2, 0.25) is 5.02 Å². The highest BCUT2D eigenvalue weighted by Gasteiger charge is 2.06. The highest BCUT2D eigenvalue weighted by Crippen LogP contribution is 2.23. The first-order valence-electron chi connectivity index (χ1n) is 6.98. The molecule has 0 bridgehead atoms. The molecule has 0 aliphatic heterocycles. The number of hydrogen-bond donors (Lipinski definition) is 0. The van der Waals surface area contributed by atoms with Crippen LogP contribution in [0.25, 0.3) is 17.3 Å². The maximum atomic E-state index is 9.49. The third-order valence-electron chi connectivity index (χ3n) is 3.43. The monoisotopic (exact) mass is 382 g/mol. The Balaban J connectivity index is 2.04. The van der Waals surface area contributed by atoms with Crippen molar-refractivity contribution in [2.45, 2.75) is 0 Å². The summed E-state index contributed by atoms with van der Waals surface area (Å²) in [6, 6.07) is 21.5. The van der Waals surface area contributed by atoms with Gasteiger partial charge in [0.25, 0.3) is 0 Å². The van der Waals surface area contributed by atoms with Gasteiger partial charge < -0.3 is 4.57 Å². The van der Waals surface area contributed by atoms with Crippen LogP contribution in [0.3, 0.4) is 0 Å². The molecule has 2 nitrogen and oxygen atoms in total. The van der Waals surface area contributed by atoms with E-state index in [9.17, 15) is 5.26 Å². The van der Waals surface area contributed by atoms with Gasteiger partial charge in [0.1, 0.15) is 0 Å². The summed E-state index contributed by atoms with van der Waals surface area (Å²) < 4.78 is 3.07. The fraction of sp³-hybridized carbons (Fsp3) is 0. The zero-order valence-electron chi connectivity index (χ0n) is 12.1. The van der Waals surface area contributed by atoms with Crippen LogP contribution in [-0.4, -0.2) is 4.57 Å². The standard InChI is InChI=1S/C19H12BrClN2/c20-16-6-8-18(9-7-16)23-10-2-5-19(23)12-15(13-22)14-3-1-4-17(21)11-14/h1-12H/b15-12-. The molecule has 1 heterocycles. The van der Waals surface area contributed by atoms with Gasteiger partial charge in [-0.25, -0.2) is 0 Å². The first kappa shape index (κ1) is 15.6. The highest BCUT2D eigenvalue weighted by atomic mass is 79.9. The fourth-order valence-electron chi connectivity index (χ4n) is 2.33. The smallest absolute Gasteiger partial charge is 0.0998 e. The van der Waals surface area contributed by atoms with Crippen LogP contribution in [0.4, 0.5) is 0 Å². The third kappa shape index (κ3) is 3.56. The first-order chi connectivity index (χ1) is 11.2. The van der Waals surface area contributed by atoms with Crippen LogP contribution in [0.1, 0.15) is 11.3 Å². The van der Waals surface area contributed by atoms with E-state index in [0.29, 0.717) is 10.6 Å². The third-order valence-corrected chi connectivity index (χ3v) is 4.20. The predicted molar refractivity (Wildman–Crippen MR) is 98.4 cm³/mol. The number of allylic oxidation sites excluding steroid dienone is 1. The number of halogens is 2. The molecule has 0 radical (unpaired) electrons. The zero-order valence-corrected chi connectivity index (χ0v) is 14.4. The van der Waals surface area contributed by atoms with Gasteiger partial charge in [-0.15, -0.1) is 0 Å². The summed E-state index contributed by atoms with van der Waals surface area (Å²) in [5.41, 5.74) is 3.35. The Morgan fingerprint density at radius 2 is 1.87 bits per heavy atom. The summed E-state index contributed by atoms with van der Waals surface area (Å²) in [5, 5.41) is 10.1. The topological polar surface area (TPSA) is 28.7 Å². The van der Waals surface area contributed by atoms with Gasteiger partial charge in [-0.3, -0.25) is 0 Å². The molecule has 0 amide bonds. The van der Waals surface area contributed by atoms with Crippen LogP contribution < -0.4 is 0 Å². The lowest BCUT2D eigenvalue weighted by molar-refractivity contribution is 1.06. The van der Waals surface area contributed by atoms with E-state index in [1.54, 1.807) is 12.1 Å². The van der Waals surface area contributed by atoms with Crippen molar-refractivity contribution in [2.75, 3.05) is 0 Å². The van der Waals surface area contributed by atoms with Crippen molar-refractivity contribution in [3.8, 4) is 11.8 Å². The predicted octanol–water partition coefficient (Wildman–Crippen LogP) is 5.96. The van der Waals surface area contributed by atoms with E-state index in [-0.39, 0.29) is 0 Å². The number of nitriles is 1. The average molecular weight is 384 g/mol. The van der Waals surface area contributed by atoms with Gasteiger partial charge in [0.15, 0.2) is 0 Å². The minimum Gasteiger partial charge on any atom is -0.317 e. The number of hydrogen-bond acceptors (Lipinski definition) is 1. The second-order valence-corrected chi connectivity index (χ2v) is 6.31. The van der Waals surface area contributed by atoms with Crippen LogP contribution in [0.15, 0.2) is 71.3 Å². The second kappa shape index (κ2) is 6.87. The zero-order chi connectivity index (χ0) is 16.2. The SMILES string of the molecule is N#C/C(=C/c1cccn1-c1ccc(Br)cc1)c1cccc(Cl)c1. The van der Waals surface area contributed by atoms with E-state index in [1.165, 1.54) is 0 Å². The molecule has 0 spiro atoms. The minimum atomic E-state index is 0.574. The van der Waals surface area contributed by atoms with Crippen LogP contribution >= 0.6 is 27.5 Å². The molecule has 0 aliphatic carbocycles. The Kier molecular flexibility index (Phi) is 4.66. The van der Waals surface area contributed by atoms with Gasteiger partial charge >= 0.3 is 0 Å². The number of benzene rings is 2. The maximum absolute atomic E-state index is 9.49. The molecule has 0 aliphatic rings. The second-order valence-electron chi connectivity index (χ2n) is 4.96. The van der Waals surface area contributed by atoms with Crippen molar-refractivity contribution < 1.29 is 0 Å². The Morgan fingerprint density at radius 3 is 2.57 bits per heavy atom. The molecule has 4 heteroatoms. The molecule has 112 valence electrons. The van der Waals surface area contributed by atoms with Crippen molar-refractivity contribution in [2.24, 2.45) is 0 Å². The Morgan fingerprint density at radius 1 is 1.09 bits per heavy atom. The lowest BCUT2D eigenvalue weighted by Gasteiger charge is -2.07. The van der Waals surface area contributed by atoms with E-state index < -0.39 is 0 Å². The van der Waals surface area contributed by atoms with Crippen LogP contribution in [0, 0.1) is 11.3 Å². The van der Waals surface area contributed by atoms with Crippen molar-refractivity contribution in [3.63, 3.8) is 0 Å². The summed E-state index contributed by atoms with van der Waals surface area (Å²) in [6.45, 7) is 0. The molecule has 0 atom stereocenters. The molecule has 23 heavy (non-hydrogen) atoms. The van der Waals surface area contributed by atoms with E-state index in [4.69, 9.17) is 11.6 Å². The molecule has 3 aromatic rings. The van der Waals surface area contributed by atoms with E-state index in [0.717, 1.165) is 21.4 Å². The molecule has 0 fully saturated rings. The summed E-state index contributed by atoms with van der Waals surface area (Å²) in [4.78, 5) is 0. The van der Waals surface area contributed by atoms with Gasteiger partial charge in [-0.2, -0.15) is 5.26 Å². The largest absolute Gasteiger partial charge is 0.317 e. The summed E-state index contributed by atoms with van der Waals surface area (Å²) in [5.74, 6) is 0. The minimum absolute atomic E-state index is 0.574. The Hall–Kier alpha value is -2.28. The maximum Gasteiger partial charge on any atom is 0.0998 e. The van der Waals surface area contributed by atoms with Gasteiger partial charge in [-0.1, -0.05) is 39.7 Å². The van der Waals surface area contributed by atoms with Crippen molar-refractivity contribution in [1.82, 2.24) is 4.57 Å². The number of aromatic nitrogens is 1. The molecule has 0 saturated carbocycles. The quantitative estimate of drug-likeness (QED) is 0.513. The van der Waals surface area contributed by atoms with E-state index in [2.05, 4.69) is 22.0 Å². The van der Waals surface area contributed by atoms with Gasteiger partial charge in [0.05, 0.1) is 11.6 Å². The van der Waals surface area contributed by atoms with Crippen molar-refractivity contribution in [3.05, 3.63) is 87.6 Å². The summed E-state index contributed by atoms with van der Waals surface area (Å²) in [6.07, 6.45) is 3.84. The lowest BCUT2D eigenvalue weighted by Crippen LogP contribution is -1.95. The molecule has 2 aromatic carbocycles. The van der Waals surface area contributed by atoms with E-state index >= 15 is 0 Å². The van der Waals surface area contributed by atoms with Gasteiger partial charge in [-0.05, 0) is 60.2 Å². The van der Waals surface area contributed by atoms with E-state index in [1.807, 2.05) is 65.4 Å². The first-order valence-corrected chi connectivity index (χ1v) is 8.15. The Bertz CT molecular complexity index is 902. The fourth-order valence-corrected chi connectivity index (χ4v) is 2.79. The number of nitrogens with zero attached hydrogens (tertiary/aromatic N) is 2. The number of rotatable bonds is 3. The molecular formula is C19H12BrClN2. The van der Waals surface area contributed by atoms with Crippen molar-refractivity contribution in [1.29, 1.82) is 5.26 Å². The van der Waals surface area contributed by atoms with Gasteiger partial charge in [0, 0.05) is 27.1 Å². The Labute approximate surface area is 148 Å². The molecule has 1 aromatic heterocycles. The summed E-state index contributed by atoms with van der Waals surface area (Å²) in [7, 11) is 0. The molecule has 0 saturated heterocycles. The van der Waals surface area contributed by atoms with Gasteiger partial charge in [0.2, 0.25) is 0 Å². The molecule has 0 N–H and O–H groups in total. The molecular weight excluding hydrogens is 372 g/mol. The van der Waals surface area contributed by atoms with Crippen LogP contribution in [-0.2, 0) is 0 Å². The highest BCUT2D eigenvalue weighted by molar-refractivity contribution is 9.10. The molecule has 0 unspecified atom stereocenters. The molecule has 3 rings (SSSR count). The van der Waals surface area contributed by atoms with Crippen molar-refractivity contribution >= 4 is 39.2 Å². The average Bonchev–Trinajstić information content (AvgIpc) is 3.01.